The molecule has 0 amide bonds. The number of H-pyrrole nitrogens is 1. The highest BCUT2D eigenvalue weighted by Gasteiger charge is 2.21. The summed E-state index contributed by atoms with van der Waals surface area (Å²) in [6.45, 7) is 8.73. The molecular weight excluding hydrogens is 274 g/mol. The minimum Gasteiger partial charge on any atom is -0.444 e. The van der Waals surface area contributed by atoms with Crippen molar-refractivity contribution in [2.45, 2.75) is 40.3 Å². The van der Waals surface area contributed by atoms with Crippen molar-refractivity contribution in [3.8, 4) is 0 Å². The van der Waals surface area contributed by atoms with Crippen LogP contribution in [0, 0.1) is 18.6 Å². The highest BCUT2D eigenvalue weighted by molar-refractivity contribution is 7.71. The molecular formula is C13H17N5OS. The van der Waals surface area contributed by atoms with Crippen LogP contribution in [0.1, 0.15) is 37.2 Å². The van der Waals surface area contributed by atoms with Gasteiger partial charge in [-0.2, -0.15) is 5.10 Å². The van der Waals surface area contributed by atoms with Crippen molar-refractivity contribution in [2.75, 3.05) is 0 Å². The van der Waals surface area contributed by atoms with Gasteiger partial charge in [-0.1, -0.05) is 0 Å². The molecule has 0 radical (unpaired) electrons. The third kappa shape index (κ3) is 1.81. The Bertz CT molecular complexity index is 822. The number of imidazole rings is 1. The normalized spacial score (nSPS) is 13.2. The van der Waals surface area contributed by atoms with E-state index in [0.717, 1.165) is 29.2 Å². The Labute approximate surface area is 121 Å². The van der Waals surface area contributed by atoms with Gasteiger partial charge in [-0.3, -0.25) is 4.57 Å². The van der Waals surface area contributed by atoms with Gasteiger partial charge < -0.3 is 9.40 Å². The lowest BCUT2D eigenvalue weighted by Crippen LogP contribution is -2.11. The Morgan fingerprint density at radius 3 is 2.80 bits per heavy atom. The van der Waals surface area contributed by atoms with Crippen molar-refractivity contribution in [1.82, 2.24) is 24.3 Å². The molecule has 0 aliphatic rings. The number of hydrogen-bond donors (Lipinski definition) is 1. The van der Waals surface area contributed by atoms with E-state index < -0.39 is 0 Å². The van der Waals surface area contributed by atoms with Crippen LogP contribution in [0.5, 0.6) is 0 Å². The average Bonchev–Trinajstić information content (AvgIpc) is 3.05. The molecule has 3 heterocycles. The first-order valence-corrected chi connectivity index (χ1v) is 7.03. The van der Waals surface area contributed by atoms with E-state index in [1.54, 1.807) is 6.20 Å². The van der Waals surface area contributed by atoms with Crippen LogP contribution in [0.25, 0.3) is 11.2 Å². The molecule has 0 aliphatic heterocycles. The highest BCUT2D eigenvalue weighted by Crippen LogP contribution is 2.25. The summed E-state index contributed by atoms with van der Waals surface area (Å²) in [4.78, 5) is 7.54. The van der Waals surface area contributed by atoms with Crippen molar-refractivity contribution in [3.05, 3.63) is 28.3 Å². The molecule has 0 aromatic carbocycles. The Morgan fingerprint density at radius 1 is 1.45 bits per heavy atom. The SMILES string of the molecule is CCn1nc(C)c2[nH]c(=S)n(C(C)c3ncc(C)o3)c21. The van der Waals surface area contributed by atoms with Crippen LogP contribution in [0.3, 0.4) is 0 Å². The summed E-state index contributed by atoms with van der Waals surface area (Å²) in [5.74, 6) is 1.45. The molecule has 6 nitrogen and oxygen atoms in total. The first kappa shape index (κ1) is 13.1. The molecule has 0 fully saturated rings. The second-order valence-electron chi connectivity index (χ2n) is 4.89. The number of aromatic amines is 1. The molecule has 0 saturated heterocycles. The second kappa shape index (κ2) is 4.59. The molecule has 0 spiro atoms. The van der Waals surface area contributed by atoms with E-state index in [1.807, 2.05) is 30.0 Å². The Hall–Kier alpha value is -1.89. The summed E-state index contributed by atoms with van der Waals surface area (Å²) in [6.07, 6.45) is 1.72. The fraction of sp³-hybridized carbons (Fsp3) is 0.462. The molecule has 3 rings (SSSR count). The number of nitrogens with one attached hydrogen (secondary N) is 1. The van der Waals surface area contributed by atoms with E-state index in [4.69, 9.17) is 16.6 Å². The fourth-order valence-corrected chi connectivity index (χ4v) is 2.83. The van der Waals surface area contributed by atoms with Crippen LogP contribution in [0.4, 0.5) is 0 Å². The predicted molar refractivity (Wildman–Crippen MR) is 78.4 cm³/mol. The summed E-state index contributed by atoms with van der Waals surface area (Å²) in [6, 6.07) is -0.0775. The summed E-state index contributed by atoms with van der Waals surface area (Å²) < 4.78 is 10.3. The van der Waals surface area contributed by atoms with Crippen LogP contribution in [0.15, 0.2) is 10.6 Å². The highest BCUT2D eigenvalue weighted by atomic mass is 32.1. The number of nitrogens with zero attached hydrogens (tertiary/aromatic N) is 4. The number of fused-ring (bicyclic) bond motifs is 1. The van der Waals surface area contributed by atoms with Gasteiger partial charge in [-0.15, -0.1) is 0 Å². The van der Waals surface area contributed by atoms with Crippen LogP contribution in [0.2, 0.25) is 0 Å². The standard InChI is InChI=1S/C13H17N5OS/c1-5-17-12-10(8(3)16-17)15-13(20)18(12)9(4)11-14-6-7(2)19-11/h6,9H,5H2,1-4H3,(H,15,20). The van der Waals surface area contributed by atoms with Crippen molar-refractivity contribution in [1.29, 1.82) is 0 Å². The lowest BCUT2D eigenvalue weighted by atomic mass is 10.3. The number of rotatable bonds is 3. The van der Waals surface area contributed by atoms with E-state index >= 15 is 0 Å². The van der Waals surface area contributed by atoms with Crippen LogP contribution >= 0.6 is 12.2 Å². The van der Waals surface area contributed by atoms with Crippen LogP contribution in [-0.4, -0.2) is 24.3 Å². The Balaban J connectivity index is 2.25. The number of hydrogen-bond acceptors (Lipinski definition) is 4. The number of oxazole rings is 1. The zero-order valence-corrected chi connectivity index (χ0v) is 12.8. The summed E-state index contributed by atoms with van der Waals surface area (Å²) >= 11 is 5.45. The minimum absolute atomic E-state index is 0.0775. The van der Waals surface area contributed by atoms with E-state index in [-0.39, 0.29) is 6.04 Å². The van der Waals surface area contributed by atoms with E-state index in [0.29, 0.717) is 10.7 Å². The lowest BCUT2D eigenvalue weighted by molar-refractivity contribution is 0.414. The fourth-order valence-electron chi connectivity index (χ4n) is 2.48. The molecule has 1 atom stereocenters. The largest absolute Gasteiger partial charge is 0.444 e. The molecule has 1 N–H and O–H groups in total. The van der Waals surface area contributed by atoms with Gasteiger partial charge in [0.1, 0.15) is 17.3 Å². The molecule has 1 unspecified atom stereocenters. The number of aromatic nitrogens is 5. The maximum Gasteiger partial charge on any atom is 0.217 e. The van der Waals surface area contributed by atoms with Crippen molar-refractivity contribution in [3.63, 3.8) is 0 Å². The Morgan fingerprint density at radius 2 is 2.20 bits per heavy atom. The van der Waals surface area contributed by atoms with Gasteiger partial charge in [0.2, 0.25) is 5.89 Å². The molecule has 3 aromatic heterocycles. The van der Waals surface area contributed by atoms with Crippen LogP contribution < -0.4 is 0 Å². The van der Waals surface area contributed by atoms with Crippen molar-refractivity contribution < 1.29 is 4.42 Å². The molecule has 7 heteroatoms. The van der Waals surface area contributed by atoms with Gasteiger partial charge in [0, 0.05) is 6.54 Å². The molecule has 0 saturated carbocycles. The second-order valence-corrected chi connectivity index (χ2v) is 5.27. The molecule has 3 aromatic rings. The Kier molecular flexibility index (Phi) is 3.01. The van der Waals surface area contributed by atoms with E-state index in [1.165, 1.54) is 0 Å². The van der Waals surface area contributed by atoms with Crippen molar-refractivity contribution in [2.24, 2.45) is 0 Å². The maximum absolute atomic E-state index is 5.63. The topological polar surface area (TPSA) is 64.6 Å². The lowest BCUT2D eigenvalue weighted by Gasteiger charge is -2.11. The van der Waals surface area contributed by atoms with Gasteiger partial charge >= 0.3 is 0 Å². The van der Waals surface area contributed by atoms with Gasteiger partial charge in [0.25, 0.3) is 0 Å². The molecule has 106 valence electrons. The van der Waals surface area contributed by atoms with Gasteiger partial charge in [-0.25, -0.2) is 9.67 Å². The first-order chi connectivity index (χ1) is 9.52. The van der Waals surface area contributed by atoms with E-state index in [9.17, 15) is 0 Å². The third-order valence-corrected chi connectivity index (χ3v) is 3.76. The van der Waals surface area contributed by atoms with Gasteiger partial charge in [-0.05, 0) is 39.9 Å². The monoisotopic (exact) mass is 291 g/mol. The van der Waals surface area contributed by atoms with Crippen LogP contribution in [-0.2, 0) is 6.54 Å². The zero-order valence-electron chi connectivity index (χ0n) is 12.0. The molecule has 0 bridgehead atoms. The van der Waals surface area contributed by atoms with E-state index in [2.05, 4.69) is 22.0 Å². The zero-order chi connectivity index (χ0) is 14.4. The first-order valence-electron chi connectivity index (χ1n) is 6.62. The van der Waals surface area contributed by atoms with Gasteiger partial charge in [0.15, 0.2) is 10.4 Å². The molecule has 20 heavy (non-hydrogen) atoms. The van der Waals surface area contributed by atoms with Gasteiger partial charge in [0.05, 0.1) is 11.9 Å². The molecule has 0 aliphatic carbocycles. The minimum atomic E-state index is -0.0775. The summed E-state index contributed by atoms with van der Waals surface area (Å²) in [5.41, 5.74) is 2.91. The summed E-state index contributed by atoms with van der Waals surface area (Å²) in [7, 11) is 0. The van der Waals surface area contributed by atoms with Crippen molar-refractivity contribution >= 4 is 23.4 Å². The third-order valence-electron chi connectivity index (χ3n) is 3.46. The summed E-state index contributed by atoms with van der Waals surface area (Å²) in [5, 5.41) is 4.52. The quantitative estimate of drug-likeness (QED) is 0.753. The number of aryl methyl sites for hydroxylation is 3. The maximum atomic E-state index is 5.63. The smallest absolute Gasteiger partial charge is 0.217 e. The average molecular weight is 291 g/mol. The predicted octanol–water partition coefficient (Wildman–Crippen LogP) is 3.13.